The molecule has 0 heterocycles. The topological polar surface area (TPSA) is 50.4 Å². The van der Waals surface area contributed by atoms with Crippen LogP contribution in [0, 0.1) is 30.1 Å². The summed E-state index contributed by atoms with van der Waals surface area (Å²) in [5.74, 6) is 3.73. The van der Waals surface area contributed by atoms with Crippen LogP contribution in [-0.4, -0.2) is 26.1 Å². The number of anilines is 1. The summed E-state index contributed by atoms with van der Waals surface area (Å²) in [5, 5.41) is 6.33. The van der Waals surface area contributed by atoms with Crippen LogP contribution in [0.4, 0.5) is 5.69 Å². The molecule has 5 rings (SSSR count). The predicted octanol–water partition coefficient (Wildman–Crippen LogP) is 4.53. The van der Waals surface area contributed by atoms with Crippen molar-refractivity contribution in [2.24, 2.45) is 23.2 Å². The number of benzene rings is 1. The van der Waals surface area contributed by atoms with Crippen LogP contribution in [-0.2, 0) is 4.79 Å². The molecule has 0 aliphatic heterocycles. The summed E-state index contributed by atoms with van der Waals surface area (Å²) in [6.07, 6.45) is 9.77. The first kappa shape index (κ1) is 18.8. The van der Waals surface area contributed by atoms with Crippen molar-refractivity contribution in [2.75, 3.05) is 25.5 Å². The molecule has 0 aromatic heterocycles. The highest BCUT2D eigenvalue weighted by Crippen LogP contribution is 2.61. The van der Waals surface area contributed by atoms with Crippen LogP contribution in [0.3, 0.4) is 0 Å². The Bertz CT molecular complexity index is 650. The zero-order valence-corrected chi connectivity index (χ0v) is 16.9. The minimum Gasteiger partial charge on any atom is -0.493 e. The number of hydrogen-bond donors (Lipinski definition) is 2. The van der Waals surface area contributed by atoms with Gasteiger partial charge in [0.15, 0.2) is 0 Å². The molecule has 0 atom stereocenters. The summed E-state index contributed by atoms with van der Waals surface area (Å²) in [6.45, 7) is 3.67. The fraction of sp³-hybridized carbons (Fsp3) is 0.696. The van der Waals surface area contributed by atoms with Crippen molar-refractivity contribution in [3.8, 4) is 5.75 Å². The summed E-state index contributed by atoms with van der Waals surface area (Å²) in [6, 6.07) is 5.96. The van der Waals surface area contributed by atoms with E-state index in [1.165, 1.54) is 38.5 Å². The first-order chi connectivity index (χ1) is 13.1. The molecular formula is C23H34N2O2. The van der Waals surface area contributed by atoms with E-state index < -0.39 is 0 Å². The van der Waals surface area contributed by atoms with Gasteiger partial charge in [-0.3, -0.25) is 4.79 Å². The summed E-state index contributed by atoms with van der Waals surface area (Å²) >= 11 is 0. The summed E-state index contributed by atoms with van der Waals surface area (Å²) in [7, 11) is 1.95. The van der Waals surface area contributed by atoms with Crippen LogP contribution in [0.15, 0.2) is 18.2 Å². The quantitative estimate of drug-likeness (QED) is 0.661. The summed E-state index contributed by atoms with van der Waals surface area (Å²) < 4.78 is 5.90. The smallest absolute Gasteiger partial charge is 0.224 e. The standard InChI is InChI=1S/C23H34N2O2/c1-16-20(5-3-6-21(16)27-8-4-7-24-2)25-22(26)15-23-12-17-9-18(13-23)11-19(10-17)14-23/h3,5-6,17-19,24H,4,7-15H2,1-2H3,(H,25,26). The Morgan fingerprint density at radius 3 is 2.44 bits per heavy atom. The lowest BCUT2D eigenvalue weighted by atomic mass is 9.49. The van der Waals surface area contributed by atoms with E-state index in [1.54, 1.807) is 0 Å². The van der Waals surface area contributed by atoms with Crippen LogP contribution in [0.25, 0.3) is 0 Å². The number of carbonyl (C=O) groups is 1. The van der Waals surface area contributed by atoms with E-state index in [2.05, 4.69) is 10.6 Å². The van der Waals surface area contributed by atoms with Gasteiger partial charge in [0, 0.05) is 17.7 Å². The Kier molecular flexibility index (Phi) is 5.45. The van der Waals surface area contributed by atoms with Gasteiger partial charge in [-0.1, -0.05) is 6.07 Å². The number of ether oxygens (including phenoxy) is 1. The number of nitrogens with one attached hydrogen (secondary N) is 2. The van der Waals surface area contributed by atoms with Gasteiger partial charge in [0.2, 0.25) is 5.91 Å². The monoisotopic (exact) mass is 370 g/mol. The maximum absolute atomic E-state index is 12.9. The van der Waals surface area contributed by atoms with Crippen LogP contribution >= 0.6 is 0 Å². The molecule has 4 heteroatoms. The molecule has 4 nitrogen and oxygen atoms in total. The molecule has 4 aliphatic carbocycles. The van der Waals surface area contributed by atoms with Gasteiger partial charge in [0.05, 0.1) is 6.61 Å². The molecule has 148 valence electrons. The number of amides is 1. The van der Waals surface area contributed by atoms with Crippen molar-refractivity contribution in [3.05, 3.63) is 23.8 Å². The van der Waals surface area contributed by atoms with Gasteiger partial charge >= 0.3 is 0 Å². The normalized spacial score (nSPS) is 31.1. The fourth-order valence-corrected chi connectivity index (χ4v) is 6.38. The average molecular weight is 371 g/mol. The van der Waals surface area contributed by atoms with Gasteiger partial charge in [0.1, 0.15) is 5.75 Å². The fourth-order valence-electron chi connectivity index (χ4n) is 6.38. The molecule has 1 aromatic carbocycles. The predicted molar refractivity (Wildman–Crippen MR) is 109 cm³/mol. The Balaban J connectivity index is 1.37. The third kappa shape index (κ3) is 4.16. The van der Waals surface area contributed by atoms with Gasteiger partial charge in [0.25, 0.3) is 0 Å². The molecule has 4 bridgehead atoms. The van der Waals surface area contributed by atoms with Crippen LogP contribution in [0.1, 0.15) is 56.9 Å². The first-order valence-electron chi connectivity index (χ1n) is 10.7. The van der Waals surface area contributed by atoms with E-state index >= 15 is 0 Å². The molecule has 0 spiro atoms. The second-order valence-electron chi connectivity index (χ2n) is 9.38. The van der Waals surface area contributed by atoms with E-state index in [4.69, 9.17) is 4.74 Å². The highest BCUT2D eigenvalue weighted by atomic mass is 16.5. The SMILES string of the molecule is CNCCCOc1cccc(NC(=O)CC23CC4CC(CC(C4)C2)C3)c1C. The minimum atomic E-state index is 0.187. The number of carbonyl (C=O) groups excluding carboxylic acids is 1. The second kappa shape index (κ2) is 7.83. The lowest BCUT2D eigenvalue weighted by Gasteiger charge is -2.56. The average Bonchev–Trinajstić information content (AvgIpc) is 2.60. The van der Waals surface area contributed by atoms with Crippen molar-refractivity contribution in [1.29, 1.82) is 0 Å². The molecule has 1 aromatic rings. The number of hydrogen-bond acceptors (Lipinski definition) is 3. The summed E-state index contributed by atoms with van der Waals surface area (Å²) in [4.78, 5) is 12.9. The first-order valence-corrected chi connectivity index (χ1v) is 10.7. The Morgan fingerprint density at radius 2 is 1.81 bits per heavy atom. The van der Waals surface area contributed by atoms with Gasteiger partial charge in [-0.25, -0.2) is 0 Å². The summed E-state index contributed by atoms with van der Waals surface area (Å²) in [5.41, 5.74) is 2.21. The maximum atomic E-state index is 12.9. The van der Waals surface area contributed by atoms with E-state index in [9.17, 15) is 4.79 Å². The molecule has 4 saturated carbocycles. The Hall–Kier alpha value is -1.55. The third-order valence-corrected chi connectivity index (χ3v) is 7.09. The molecule has 0 saturated heterocycles. The molecule has 1 amide bonds. The Labute approximate surface area is 163 Å². The zero-order chi connectivity index (χ0) is 18.9. The van der Waals surface area contributed by atoms with E-state index in [0.29, 0.717) is 13.0 Å². The molecule has 4 fully saturated rings. The Morgan fingerprint density at radius 1 is 1.15 bits per heavy atom. The lowest BCUT2D eigenvalue weighted by molar-refractivity contribution is -0.124. The zero-order valence-electron chi connectivity index (χ0n) is 16.9. The van der Waals surface area contributed by atoms with Crippen molar-refractivity contribution in [1.82, 2.24) is 5.32 Å². The van der Waals surface area contributed by atoms with Gasteiger partial charge in [-0.2, -0.15) is 0 Å². The lowest BCUT2D eigenvalue weighted by Crippen LogP contribution is -2.47. The van der Waals surface area contributed by atoms with Crippen molar-refractivity contribution < 1.29 is 9.53 Å². The van der Waals surface area contributed by atoms with Crippen LogP contribution < -0.4 is 15.4 Å². The highest BCUT2D eigenvalue weighted by molar-refractivity contribution is 5.92. The molecule has 2 N–H and O–H groups in total. The largest absolute Gasteiger partial charge is 0.493 e. The molecule has 0 radical (unpaired) electrons. The van der Waals surface area contributed by atoms with Gasteiger partial charge in [-0.05, 0) is 101 Å². The molecule has 4 aliphatic rings. The van der Waals surface area contributed by atoms with E-state index in [1.807, 2.05) is 32.2 Å². The second-order valence-corrected chi connectivity index (χ2v) is 9.38. The highest BCUT2D eigenvalue weighted by Gasteiger charge is 2.51. The third-order valence-electron chi connectivity index (χ3n) is 7.09. The van der Waals surface area contributed by atoms with E-state index in [0.717, 1.165) is 47.7 Å². The van der Waals surface area contributed by atoms with Crippen LogP contribution in [0.2, 0.25) is 0 Å². The van der Waals surface area contributed by atoms with Crippen LogP contribution in [0.5, 0.6) is 5.75 Å². The van der Waals surface area contributed by atoms with Crippen molar-refractivity contribution in [3.63, 3.8) is 0 Å². The van der Waals surface area contributed by atoms with Crippen molar-refractivity contribution >= 4 is 11.6 Å². The molecule has 0 unspecified atom stereocenters. The van der Waals surface area contributed by atoms with Crippen molar-refractivity contribution in [2.45, 2.75) is 58.3 Å². The minimum absolute atomic E-state index is 0.187. The van der Waals surface area contributed by atoms with Gasteiger partial charge < -0.3 is 15.4 Å². The van der Waals surface area contributed by atoms with Gasteiger partial charge in [-0.15, -0.1) is 0 Å². The van der Waals surface area contributed by atoms with E-state index in [-0.39, 0.29) is 11.3 Å². The molecule has 27 heavy (non-hydrogen) atoms. The maximum Gasteiger partial charge on any atom is 0.224 e. The number of rotatable bonds is 8. The molecular weight excluding hydrogens is 336 g/mol.